The summed E-state index contributed by atoms with van der Waals surface area (Å²) in [5.74, 6) is -0.229. The van der Waals surface area contributed by atoms with Crippen LogP contribution in [0.1, 0.15) is 18.4 Å². The molecule has 0 amide bonds. The Bertz CT molecular complexity index is 1740. The fraction of sp³-hybridized carbons (Fsp3) is 0.161. The lowest BCUT2D eigenvalue weighted by atomic mass is 10.0. The lowest BCUT2D eigenvalue weighted by Gasteiger charge is -2.14. The van der Waals surface area contributed by atoms with Crippen molar-refractivity contribution in [2.75, 3.05) is 13.1 Å². The number of hydrogen-bond acceptors (Lipinski definition) is 3. The van der Waals surface area contributed by atoms with E-state index in [1.165, 1.54) is 24.5 Å². The Labute approximate surface area is 214 Å². The standard InChI is InChI=1S/C31H26FN5/c32-27-8-2-1-6-24(27)23-7-5-9-28-25(23)16-30(34-28)31-26-15-21(10-11-29(26)35-36-31)22-14-20(17-33-18-22)19-37-12-3-4-13-37/h1-2,5-11,14-18,34H,3-4,12-13,19H2,(H,35,36). The van der Waals surface area contributed by atoms with Gasteiger partial charge in [-0.2, -0.15) is 5.10 Å². The van der Waals surface area contributed by atoms with Crippen molar-refractivity contribution in [1.82, 2.24) is 25.1 Å². The van der Waals surface area contributed by atoms with Gasteiger partial charge >= 0.3 is 0 Å². The van der Waals surface area contributed by atoms with Crippen molar-refractivity contribution in [3.63, 3.8) is 0 Å². The van der Waals surface area contributed by atoms with Crippen molar-refractivity contribution in [1.29, 1.82) is 0 Å². The molecule has 0 atom stereocenters. The Morgan fingerprint density at radius 2 is 1.65 bits per heavy atom. The number of nitrogens with one attached hydrogen (secondary N) is 2. The molecule has 6 heteroatoms. The van der Waals surface area contributed by atoms with Gasteiger partial charge in [0.15, 0.2) is 0 Å². The average molecular weight is 488 g/mol. The van der Waals surface area contributed by atoms with E-state index in [4.69, 9.17) is 0 Å². The first kappa shape index (κ1) is 21.9. The van der Waals surface area contributed by atoms with Gasteiger partial charge in [-0.3, -0.25) is 15.0 Å². The van der Waals surface area contributed by atoms with E-state index in [9.17, 15) is 4.39 Å². The Morgan fingerprint density at radius 1 is 0.784 bits per heavy atom. The van der Waals surface area contributed by atoms with Crippen molar-refractivity contribution < 1.29 is 4.39 Å². The van der Waals surface area contributed by atoms with Gasteiger partial charge < -0.3 is 4.98 Å². The normalized spacial score (nSPS) is 14.2. The van der Waals surface area contributed by atoms with Crippen LogP contribution in [-0.2, 0) is 6.54 Å². The van der Waals surface area contributed by atoms with Gasteiger partial charge in [0.1, 0.15) is 11.5 Å². The van der Waals surface area contributed by atoms with Crippen molar-refractivity contribution >= 4 is 21.8 Å². The SMILES string of the molecule is Fc1ccccc1-c1cccc2[nH]c(-c3n[nH]c4ccc(-c5cncc(CN6CCCC6)c5)cc34)cc12. The monoisotopic (exact) mass is 487 g/mol. The molecule has 3 aromatic carbocycles. The van der Waals surface area contributed by atoms with Crippen LogP contribution >= 0.6 is 0 Å². The van der Waals surface area contributed by atoms with Gasteiger partial charge in [0.25, 0.3) is 0 Å². The Hall–Kier alpha value is -4.29. The van der Waals surface area contributed by atoms with Gasteiger partial charge in [0.2, 0.25) is 0 Å². The van der Waals surface area contributed by atoms with E-state index in [1.54, 1.807) is 6.07 Å². The second-order valence-corrected chi connectivity index (χ2v) is 9.83. The van der Waals surface area contributed by atoms with E-state index < -0.39 is 0 Å². The highest BCUT2D eigenvalue weighted by Crippen LogP contribution is 2.36. The predicted octanol–water partition coefficient (Wildman–Crippen LogP) is 7.18. The highest BCUT2D eigenvalue weighted by molar-refractivity contribution is 6.01. The molecule has 1 saturated heterocycles. The molecule has 37 heavy (non-hydrogen) atoms. The lowest BCUT2D eigenvalue weighted by molar-refractivity contribution is 0.331. The molecule has 1 fully saturated rings. The molecule has 1 aliphatic heterocycles. The molecular weight excluding hydrogens is 461 g/mol. The average Bonchev–Trinajstić information content (AvgIpc) is 3.68. The second-order valence-electron chi connectivity index (χ2n) is 9.83. The van der Waals surface area contributed by atoms with Crippen LogP contribution in [0.5, 0.6) is 0 Å². The summed E-state index contributed by atoms with van der Waals surface area (Å²) < 4.78 is 14.6. The molecular formula is C31H26FN5. The van der Waals surface area contributed by atoms with Gasteiger partial charge in [0.05, 0.1) is 11.2 Å². The van der Waals surface area contributed by atoms with Crippen LogP contribution in [0.25, 0.3) is 55.4 Å². The van der Waals surface area contributed by atoms with Crippen LogP contribution in [0.2, 0.25) is 0 Å². The van der Waals surface area contributed by atoms with Gasteiger partial charge in [-0.05, 0) is 79.0 Å². The van der Waals surface area contributed by atoms with E-state index in [0.29, 0.717) is 5.56 Å². The van der Waals surface area contributed by atoms with Crippen molar-refractivity contribution in [3.05, 3.63) is 96.6 Å². The molecule has 0 spiro atoms. The number of hydrogen-bond donors (Lipinski definition) is 2. The maximum Gasteiger partial charge on any atom is 0.131 e. The predicted molar refractivity (Wildman–Crippen MR) is 147 cm³/mol. The number of aromatic amines is 2. The van der Waals surface area contributed by atoms with Gasteiger partial charge in [-0.1, -0.05) is 36.4 Å². The minimum Gasteiger partial charge on any atom is -0.353 e. The van der Waals surface area contributed by atoms with Crippen molar-refractivity contribution in [3.8, 4) is 33.6 Å². The molecule has 0 bridgehead atoms. The maximum absolute atomic E-state index is 14.6. The molecule has 0 radical (unpaired) electrons. The first-order valence-corrected chi connectivity index (χ1v) is 12.7. The topological polar surface area (TPSA) is 60.6 Å². The summed E-state index contributed by atoms with van der Waals surface area (Å²) in [6.45, 7) is 3.27. The zero-order valence-electron chi connectivity index (χ0n) is 20.3. The number of halogens is 1. The van der Waals surface area contributed by atoms with Crippen molar-refractivity contribution in [2.24, 2.45) is 0 Å². The molecule has 2 N–H and O–H groups in total. The number of H-pyrrole nitrogens is 2. The van der Waals surface area contributed by atoms with Crippen LogP contribution in [0.3, 0.4) is 0 Å². The quantitative estimate of drug-likeness (QED) is 0.271. The fourth-order valence-corrected chi connectivity index (χ4v) is 5.53. The van der Waals surface area contributed by atoms with Crippen LogP contribution in [0.15, 0.2) is 85.2 Å². The first-order valence-electron chi connectivity index (χ1n) is 12.7. The minimum absolute atomic E-state index is 0.229. The van der Waals surface area contributed by atoms with Crippen LogP contribution in [0, 0.1) is 5.82 Å². The maximum atomic E-state index is 14.6. The number of pyridine rings is 1. The van der Waals surface area contributed by atoms with E-state index in [-0.39, 0.29) is 5.82 Å². The molecule has 0 unspecified atom stereocenters. The molecule has 3 aromatic heterocycles. The Kier molecular flexibility index (Phi) is 5.33. The molecule has 182 valence electrons. The zero-order valence-corrected chi connectivity index (χ0v) is 20.3. The third kappa shape index (κ3) is 3.99. The molecule has 4 heterocycles. The number of likely N-dealkylation sites (tertiary alicyclic amines) is 1. The van der Waals surface area contributed by atoms with Gasteiger partial charge in [0, 0.05) is 46.4 Å². The third-order valence-electron chi connectivity index (χ3n) is 7.38. The summed E-state index contributed by atoms with van der Waals surface area (Å²) >= 11 is 0. The van der Waals surface area contributed by atoms with Gasteiger partial charge in [-0.25, -0.2) is 4.39 Å². The smallest absolute Gasteiger partial charge is 0.131 e. The zero-order chi connectivity index (χ0) is 24.8. The van der Waals surface area contributed by atoms with E-state index >= 15 is 0 Å². The van der Waals surface area contributed by atoms with Crippen LogP contribution in [-0.4, -0.2) is 38.2 Å². The summed E-state index contributed by atoms with van der Waals surface area (Å²) in [6.07, 6.45) is 6.46. The number of aromatic nitrogens is 4. The molecule has 0 saturated carbocycles. The highest BCUT2D eigenvalue weighted by Gasteiger charge is 2.16. The second kappa shape index (κ2) is 8.98. The fourth-order valence-electron chi connectivity index (χ4n) is 5.53. The molecule has 6 aromatic rings. The Balaban J connectivity index is 1.29. The van der Waals surface area contributed by atoms with E-state index in [2.05, 4.69) is 55.4 Å². The summed E-state index contributed by atoms with van der Waals surface area (Å²) in [4.78, 5) is 10.5. The summed E-state index contributed by atoms with van der Waals surface area (Å²) in [6, 6.07) is 23.5. The minimum atomic E-state index is -0.229. The van der Waals surface area contributed by atoms with Crippen LogP contribution in [0.4, 0.5) is 4.39 Å². The molecule has 1 aliphatic rings. The first-order chi connectivity index (χ1) is 18.2. The number of nitrogens with zero attached hydrogens (tertiary/aromatic N) is 3. The number of rotatable bonds is 5. The molecule has 7 rings (SSSR count). The molecule has 5 nitrogen and oxygen atoms in total. The highest BCUT2D eigenvalue weighted by atomic mass is 19.1. The van der Waals surface area contributed by atoms with E-state index in [1.807, 2.05) is 42.7 Å². The summed E-state index contributed by atoms with van der Waals surface area (Å²) in [5.41, 5.74) is 8.54. The summed E-state index contributed by atoms with van der Waals surface area (Å²) in [5, 5.41) is 9.82. The third-order valence-corrected chi connectivity index (χ3v) is 7.38. The number of benzene rings is 3. The van der Waals surface area contributed by atoms with E-state index in [0.717, 1.165) is 69.5 Å². The lowest BCUT2D eigenvalue weighted by Crippen LogP contribution is -2.18. The van der Waals surface area contributed by atoms with Gasteiger partial charge in [-0.15, -0.1) is 0 Å². The Morgan fingerprint density at radius 3 is 2.54 bits per heavy atom. The number of fused-ring (bicyclic) bond motifs is 2. The largest absolute Gasteiger partial charge is 0.353 e. The van der Waals surface area contributed by atoms with Crippen molar-refractivity contribution in [2.45, 2.75) is 19.4 Å². The molecule has 0 aliphatic carbocycles. The summed E-state index contributed by atoms with van der Waals surface area (Å²) in [7, 11) is 0. The van der Waals surface area contributed by atoms with Crippen LogP contribution < -0.4 is 0 Å².